The summed E-state index contributed by atoms with van der Waals surface area (Å²) in [7, 11) is 0. The number of aromatic amines is 1. The Bertz CT molecular complexity index is 719. The van der Waals surface area contributed by atoms with Gasteiger partial charge >= 0.3 is 11.7 Å². The van der Waals surface area contributed by atoms with Crippen LogP contribution >= 0.6 is 0 Å². The highest BCUT2D eigenvalue weighted by Crippen LogP contribution is 2.30. The number of aliphatic hydroxyl groups is 2. The van der Waals surface area contributed by atoms with Gasteiger partial charge in [0.15, 0.2) is 13.0 Å². The molecule has 0 radical (unpaired) electrons. The van der Waals surface area contributed by atoms with Gasteiger partial charge in [-0.1, -0.05) is 0 Å². The van der Waals surface area contributed by atoms with E-state index < -0.39 is 60.6 Å². The lowest BCUT2D eigenvalue weighted by Gasteiger charge is -2.23. The van der Waals surface area contributed by atoms with Gasteiger partial charge < -0.3 is 24.4 Å². The Labute approximate surface area is 143 Å². The number of hydrogen-bond acceptors (Lipinski definition) is 8. The number of esters is 1. The van der Waals surface area contributed by atoms with E-state index in [0.29, 0.717) is 0 Å². The van der Waals surface area contributed by atoms with Gasteiger partial charge in [0.1, 0.15) is 18.3 Å². The topological polar surface area (TPSA) is 140 Å². The smallest absolute Gasteiger partial charge is 0.330 e. The molecule has 1 saturated heterocycles. The predicted molar refractivity (Wildman–Crippen MR) is 83.6 cm³/mol. The normalized spacial score (nSPS) is 26.6. The van der Waals surface area contributed by atoms with Gasteiger partial charge in [-0.15, -0.1) is 0 Å². The molecule has 1 aliphatic heterocycles. The highest BCUT2D eigenvalue weighted by atomic mass is 16.7. The fourth-order valence-corrected chi connectivity index (χ4v) is 2.28. The molecule has 140 valence electrons. The molecule has 25 heavy (non-hydrogen) atoms. The van der Waals surface area contributed by atoms with Crippen molar-refractivity contribution < 1.29 is 29.2 Å². The summed E-state index contributed by atoms with van der Waals surface area (Å²) in [5.41, 5.74) is -2.07. The Hall–Kier alpha value is -2.01. The van der Waals surface area contributed by atoms with Gasteiger partial charge in [-0.2, -0.15) is 0 Å². The second kappa shape index (κ2) is 7.48. The number of aromatic nitrogens is 2. The maximum Gasteiger partial charge on any atom is 0.330 e. The lowest BCUT2D eigenvalue weighted by Crippen LogP contribution is -2.40. The Balaban J connectivity index is 2.15. The van der Waals surface area contributed by atoms with E-state index in [9.17, 15) is 24.6 Å². The third-order valence-electron chi connectivity index (χ3n) is 3.68. The largest absolute Gasteiger partial charge is 0.438 e. The van der Waals surface area contributed by atoms with Crippen LogP contribution in [0.2, 0.25) is 0 Å². The molecule has 0 spiro atoms. The van der Waals surface area contributed by atoms with Crippen molar-refractivity contribution in [1.82, 2.24) is 9.55 Å². The third kappa shape index (κ3) is 4.34. The van der Waals surface area contributed by atoms with Crippen LogP contribution in [0, 0.1) is 5.41 Å². The van der Waals surface area contributed by atoms with Crippen LogP contribution in [0.4, 0.5) is 0 Å². The first-order chi connectivity index (χ1) is 11.6. The summed E-state index contributed by atoms with van der Waals surface area (Å²) < 4.78 is 16.8. The first kappa shape index (κ1) is 19.3. The van der Waals surface area contributed by atoms with Crippen LogP contribution in [0.3, 0.4) is 0 Å². The molecule has 0 bridgehead atoms. The molecule has 1 aliphatic rings. The number of carbonyl (C=O) groups is 1. The Morgan fingerprint density at radius 1 is 1.40 bits per heavy atom. The molecule has 4 atom stereocenters. The number of hydrogen-bond donors (Lipinski definition) is 3. The van der Waals surface area contributed by atoms with Crippen molar-refractivity contribution in [2.24, 2.45) is 5.41 Å². The summed E-state index contributed by atoms with van der Waals surface area (Å²) in [5.74, 6) is -0.502. The zero-order valence-electron chi connectivity index (χ0n) is 14.2. The monoisotopic (exact) mass is 358 g/mol. The average Bonchev–Trinajstić information content (AvgIpc) is 2.83. The zero-order valence-corrected chi connectivity index (χ0v) is 14.2. The van der Waals surface area contributed by atoms with Gasteiger partial charge in [-0.3, -0.25) is 19.1 Å². The number of ether oxygens (including phenoxy) is 3. The van der Waals surface area contributed by atoms with E-state index in [2.05, 4.69) is 4.98 Å². The van der Waals surface area contributed by atoms with Crippen LogP contribution < -0.4 is 11.2 Å². The van der Waals surface area contributed by atoms with Gasteiger partial charge in [0, 0.05) is 12.3 Å². The third-order valence-corrected chi connectivity index (χ3v) is 3.68. The molecule has 0 aromatic carbocycles. The summed E-state index contributed by atoms with van der Waals surface area (Å²) in [6.07, 6.45) is -3.26. The molecule has 2 rings (SSSR count). The fourth-order valence-electron chi connectivity index (χ4n) is 2.28. The number of nitrogens with one attached hydrogen (secondary N) is 1. The molecule has 0 amide bonds. The van der Waals surface area contributed by atoms with Crippen LogP contribution in [0.25, 0.3) is 0 Å². The molecule has 1 unspecified atom stereocenters. The molecule has 10 heteroatoms. The summed E-state index contributed by atoms with van der Waals surface area (Å²) in [6.45, 7) is 4.05. The molecule has 3 N–H and O–H groups in total. The number of carbonyl (C=O) groups excluding carboxylic acids is 1. The van der Waals surface area contributed by atoms with Crippen molar-refractivity contribution in [3.8, 4) is 0 Å². The minimum absolute atomic E-state index is 0.464. The highest BCUT2D eigenvalue weighted by Gasteiger charge is 2.46. The fraction of sp³-hybridized carbons (Fsp3) is 0.667. The minimum atomic E-state index is -1.26. The lowest BCUT2D eigenvalue weighted by molar-refractivity contribution is -0.179. The number of nitrogens with zero attached hydrogens (tertiary/aromatic N) is 1. The quantitative estimate of drug-likeness (QED) is 0.437. The summed E-state index contributed by atoms with van der Waals surface area (Å²) in [6, 6.07) is 1.11. The van der Waals surface area contributed by atoms with Crippen LogP contribution in [-0.4, -0.2) is 57.4 Å². The van der Waals surface area contributed by atoms with Gasteiger partial charge in [0.05, 0.1) is 12.0 Å². The molecule has 1 aromatic heterocycles. The molecule has 0 saturated carbocycles. The van der Waals surface area contributed by atoms with Gasteiger partial charge in [-0.05, 0) is 20.8 Å². The van der Waals surface area contributed by atoms with Crippen molar-refractivity contribution in [2.45, 2.75) is 45.3 Å². The van der Waals surface area contributed by atoms with Crippen molar-refractivity contribution in [3.63, 3.8) is 0 Å². The van der Waals surface area contributed by atoms with Gasteiger partial charge in [0.25, 0.3) is 5.56 Å². The standard InChI is InChI=1S/C15H22N2O8/c1-15(2,3)13(21)24-7-23-11-10(20)8(6-18)25-12(11)17-5-4-9(19)16-14(17)22/h4-5,8,10-12,18,20H,6-7H2,1-3H3,(H,16,19,22)/t8-,10?,11+,12-/m1/s1. The molecular formula is C15H22N2O8. The Kier molecular flexibility index (Phi) is 5.78. The highest BCUT2D eigenvalue weighted by molar-refractivity contribution is 5.75. The van der Waals surface area contributed by atoms with Gasteiger partial charge in [-0.25, -0.2) is 4.79 Å². The average molecular weight is 358 g/mol. The van der Waals surface area contributed by atoms with E-state index >= 15 is 0 Å². The zero-order chi connectivity index (χ0) is 18.8. The number of H-pyrrole nitrogens is 1. The van der Waals surface area contributed by atoms with Crippen LogP contribution in [-0.2, 0) is 19.0 Å². The summed E-state index contributed by atoms with van der Waals surface area (Å²) in [4.78, 5) is 36.9. The molecule has 10 nitrogen and oxygen atoms in total. The van der Waals surface area contributed by atoms with E-state index in [-0.39, 0.29) is 0 Å². The summed E-state index contributed by atoms with van der Waals surface area (Å²) in [5, 5.41) is 19.5. The Morgan fingerprint density at radius 3 is 2.64 bits per heavy atom. The van der Waals surface area contributed by atoms with Crippen LogP contribution in [0.5, 0.6) is 0 Å². The first-order valence-corrected chi connectivity index (χ1v) is 7.70. The van der Waals surface area contributed by atoms with Crippen LogP contribution in [0.1, 0.15) is 27.0 Å². The molecular weight excluding hydrogens is 336 g/mol. The van der Waals surface area contributed by atoms with Crippen molar-refractivity contribution in [1.29, 1.82) is 0 Å². The SMILES string of the molecule is CC(C)(C)C(=O)OCO[C@H]1C(O)[C@@H](CO)O[C@H]1n1ccc(=O)[nH]c1=O. The first-order valence-electron chi connectivity index (χ1n) is 7.70. The van der Waals surface area contributed by atoms with E-state index in [1.807, 2.05) is 0 Å². The van der Waals surface area contributed by atoms with Crippen molar-refractivity contribution >= 4 is 5.97 Å². The Morgan fingerprint density at radius 2 is 2.08 bits per heavy atom. The van der Waals surface area contributed by atoms with E-state index in [1.54, 1.807) is 20.8 Å². The second-order valence-electron chi connectivity index (χ2n) is 6.69. The molecule has 1 fully saturated rings. The van der Waals surface area contributed by atoms with Gasteiger partial charge in [0.2, 0.25) is 0 Å². The van der Waals surface area contributed by atoms with E-state index in [4.69, 9.17) is 14.2 Å². The second-order valence-corrected chi connectivity index (χ2v) is 6.69. The number of rotatable bonds is 5. The number of aliphatic hydroxyl groups excluding tert-OH is 2. The molecule has 2 heterocycles. The molecule has 0 aliphatic carbocycles. The summed E-state index contributed by atoms with van der Waals surface area (Å²) >= 11 is 0. The van der Waals surface area contributed by atoms with E-state index in [1.165, 1.54) is 6.20 Å². The van der Waals surface area contributed by atoms with Crippen molar-refractivity contribution in [3.05, 3.63) is 33.1 Å². The predicted octanol–water partition coefficient (Wildman–Crippen LogP) is -1.28. The minimum Gasteiger partial charge on any atom is -0.438 e. The lowest BCUT2D eigenvalue weighted by atomic mass is 9.98. The van der Waals surface area contributed by atoms with Crippen molar-refractivity contribution in [2.75, 3.05) is 13.4 Å². The molecule has 1 aromatic rings. The maximum atomic E-state index is 11.9. The van der Waals surface area contributed by atoms with E-state index in [0.717, 1.165) is 10.6 Å². The maximum absolute atomic E-state index is 11.9. The van der Waals surface area contributed by atoms with Crippen LogP contribution in [0.15, 0.2) is 21.9 Å².